The van der Waals surface area contributed by atoms with Gasteiger partial charge in [0.25, 0.3) is 0 Å². The molecule has 6 aromatic carbocycles. The first-order valence-electron chi connectivity index (χ1n) is 15.2. The number of phenols is 2. The van der Waals surface area contributed by atoms with Crippen molar-refractivity contribution >= 4 is 91.8 Å². The Balaban J connectivity index is 0.00000290. The fraction of sp³-hybridized carbons (Fsp3) is 0.0588. The van der Waals surface area contributed by atoms with Crippen molar-refractivity contribution in [2.45, 2.75) is 21.6 Å². The Morgan fingerprint density at radius 2 is 1.25 bits per heavy atom. The maximum atomic E-state index is 11.3. The maximum Gasteiger partial charge on any atom is 1.00 e. The standard InChI is InChI=1S/C34H27N5O12S3.3Na/c1-18-10-27(37-39-33-31(54-51-48-44)14-19-11-22(8-9-25(19)34(33)41)35-21-6-4-3-5-7-21)30(45-2)17-26(18)36-38-28-15-23(52-49-46-42)12-20-13-24(53-50-47-43)16-29(40)32(20)28;;;/h3-17,35,40-44H,1-2H3;;;/q;3*+1/p-3. The number of rotatable bonds is 16. The molecule has 0 heterocycles. The van der Waals surface area contributed by atoms with Crippen LogP contribution in [0.5, 0.6) is 17.2 Å². The van der Waals surface area contributed by atoms with Crippen LogP contribution in [0.15, 0.2) is 126 Å². The minimum Gasteiger partial charge on any atom is -0.691 e. The summed E-state index contributed by atoms with van der Waals surface area (Å²) >= 11 is 1.72. The van der Waals surface area contributed by atoms with Crippen LogP contribution in [0.1, 0.15) is 5.56 Å². The second-order valence-corrected chi connectivity index (χ2v) is 13.1. The van der Waals surface area contributed by atoms with Crippen LogP contribution in [0.4, 0.5) is 34.1 Å². The number of phenolic OH excluding ortho intramolecular Hbond substituents is 2. The van der Waals surface area contributed by atoms with Crippen molar-refractivity contribution in [2.24, 2.45) is 20.5 Å². The van der Waals surface area contributed by atoms with Crippen molar-refractivity contribution in [3.63, 3.8) is 0 Å². The van der Waals surface area contributed by atoms with Gasteiger partial charge in [0.2, 0.25) is 0 Å². The van der Waals surface area contributed by atoms with Gasteiger partial charge in [-0.1, -0.05) is 18.2 Å². The Labute approximate surface area is 403 Å². The summed E-state index contributed by atoms with van der Waals surface area (Å²) in [5.74, 6) is -0.198. The molecule has 57 heavy (non-hydrogen) atoms. The van der Waals surface area contributed by atoms with Crippen molar-refractivity contribution in [3.8, 4) is 17.2 Å². The number of hydrogen-bond donors (Lipinski definition) is 3. The van der Waals surface area contributed by atoms with Crippen molar-refractivity contribution in [2.75, 3.05) is 12.4 Å². The van der Waals surface area contributed by atoms with Crippen LogP contribution in [0, 0.1) is 6.92 Å². The van der Waals surface area contributed by atoms with Crippen LogP contribution in [0.2, 0.25) is 0 Å². The quantitative estimate of drug-likeness (QED) is 0.0348. The van der Waals surface area contributed by atoms with Crippen molar-refractivity contribution in [1.82, 2.24) is 0 Å². The summed E-state index contributed by atoms with van der Waals surface area (Å²) in [6, 6.07) is 25.7. The Hall–Kier alpha value is -2.07. The monoisotopic (exact) mass is 859 g/mol. The van der Waals surface area contributed by atoms with Gasteiger partial charge < -0.3 is 36.0 Å². The number of aromatic hydroxyl groups is 2. The Morgan fingerprint density at radius 1 is 0.614 bits per heavy atom. The minimum atomic E-state index is -0.222. The van der Waals surface area contributed by atoms with E-state index in [1.54, 1.807) is 49.4 Å². The first kappa shape index (κ1) is 49.3. The van der Waals surface area contributed by atoms with Gasteiger partial charge in [0, 0.05) is 32.6 Å². The molecular weight excluding hydrogens is 836 g/mol. The molecule has 17 nitrogen and oxygen atoms in total. The number of nitrogens with one attached hydrogen (secondary N) is 1. The summed E-state index contributed by atoms with van der Waals surface area (Å²) in [5, 5.41) is 86.5. The van der Waals surface area contributed by atoms with Gasteiger partial charge in [-0.05, 0) is 90.0 Å². The van der Waals surface area contributed by atoms with Gasteiger partial charge in [-0.15, -0.1) is 15.3 Å². The maximum absolute atomic E-state index is 11.3. The average Bonchev–Trinajstić information content (AvgIpc) is 3.17. The molecule has 0 amide bonds. The first-order chi connectivity index (χ1) is 26.3. The van der Waals surface area contributed by atoms with E-state index in [0.29, 0.717) is 73.3 Å². The SMILES string of the molecule is COc1cc(N=Nc2cc(SOO[O-])cc3cc(SOO[O-])cc(O)c23)c(C)cc1N=Nc1c(SOO[O-])cc2cc(Nc3ccccc3)ccc2c1O.[Na+].[Na+].[Na+]. The third kappa shape index (κ3) is 12.7. The van der Waals surface area contributed by atoms with Gasteiger partial charge in [-0.2, -0.15) is 18.1 Å². The van der Waals surface area contributed by atoms with E-state index >= 15 is 0 Å². The third-order valence-electron chi connectivity index (χ3n) is 7.56. The van der Waals surface area contributed by atoms with Crippen LogP contribution in [-0.2, 0) is 28.1 Å². The van der Waals surface area contributed by atoms with E-state index in [1.807, 2.05) is 36.4 Å². The molecule has 0 radical (unpaired) electrons. The zero-order valence-corrected chi connectivity index (χ0v) is 39.1. The number of anilines is 2. The van der Waals surface area contributed by atoms with E-state index in [-0.39, 0.29) is 133 Å². The summed E-state index contributed by atoms with van der Waals surface area (Å²) in [6.45, 7) is 1.74. The van der Waals surface area contributed by atoms with E-state index in [9.17, 15) is 26.0 Å². The summed E-state index contributed by atoms with van der Waals surface area (Å²) in [4.78, 5) is 0.926. The van der Waals surface area contributed by atoms with E-state index in [4.69, 9.17) is 4.74 Å². The number of nitrogens with zero attached hydrogens (tertiary/aromatic N) is 4. The molecule has 6 rings (SSSR count). The number of fused-ring (bicyclic) bond motifs is 2. The molecule has 6 aromatic rings. The third-order valence-corrected chi connectivity index (χ3v) is 9.27. The van der Waals surface area contributed by atoms with E-state index in [0.717, 1.165) is 11.4 Å². The molecular formula is C34H24N5Na3O12S3. The average molecular weight is 860 g/mol. The number of azo groups is 2. The molecule has 0 aromatic heterocycles. The molecule has 278 valence electrons. The van der Waals surface area contributed by atoms with E-state index < -0.39 is 0 Å². The number of para-hydroxylation sites is 1. The zero-order valence-electron chi connectivity index (χ0n) is 30.7. The Morgan fingerprint density at radius 3 is 1.91 bits per heavy atom. The van der Waals surface area contributed by atoms with Crippen molar-refractivity contribution < 1.29 is 148 Å². The normalized spacial score (nSPS) is 11.1. The summed E-state index contributed by atoms with van der Waals surface area (Å²) in [7, 11) is 1.42. The molecule has 0 fully saturated rings. The predicted octanol–water partition coefficient (Wildman–Crippen LogP) is -1.00. The van der Waals surface area contributed by atoms with Gasteiger partial charge >= 0.3 is 88.7 Å². The Kier molecular flexibility index (Phi) is 21.0. The molecule has 0 atom stereocenters. The fourth-order valence-corrected chi connectivity index (χ4v) is 6.62. The van der Waals surface area contributed by atoms with Crippen LogP contribution >= 0.6 is 36.1 Å². The fourth-order valence-electron chi connectivity index (χ4n) is 5.25. The second kappa shape index (κ2) is 24.3. The smallest absolute Gasteiger partial charge is 0.691 e. The molecule has 0 aliphatic carbocycles. The van der Waals surface area contributed by atoms with Crippen LogP contribution in [0.3, 0.4) is 0 Å². The topological polar surface area (TPSA) is 236 Å². The molecule has 3 N–H and O–H groups in total. The predicted molar refractivity (Wildman–Crippen MR) is 191 cm³/mol. The van der Waals surface area contributed by atoms with Gasteiger partial charge in [-0.3, -0.25) is 15.1 Å². The summed E-state index contributed by atoms with van der Waals surface area (Å²) < 4.78 is 19.0. The van der Waals surface area contributed by atoms with Crippen LogP contribution < -0.4 is 114 Å². The van der Waals surface area contributed by atoms with Gasteiger partial charge in [0.1, 0.15) is 22.9 Å². The van der Waals surface area contributed by atoms with E-state index in [1.165, 1.54) is 19.2 Å². The van der Waals surface area contributed by atoms with Crippen LogP contribution in [-0.4, -0.2) is 17.3 Å². The zero-order chi connectivity index (χ0) is 38.0. The summed E-state index contributed by atoms with van der Waals surface area (Å²) in [5.41, 5.74) is 3.01. The number of benzene rings is 6. The van der Waals surface area contributed by atoms with Gasteiger partial charge in [-0.25, -0.2) is 0 Å². The summed E-state index contributed by atoms with van der Waals surface area (Å²) in [6.07, 6.45) is 0. The molecule has 0 aliphatic heterocycles. The molecule has 0 aliphatic rings. The molecule has 0 saturated carbocycles. The van der Waals surface area contributed by atoms with Crippen molar-refractivity contribution in [3.05, 3.63) is 96.6 Å². The Bertz CT molecular complexity index is 2350. The number of ether oxygens (including phenoxy) is 1. The number of aryl methyl sites for hydroxylation is 1. The first-order valence-corrected chi connectivity index (χ1v) is 17.4. The van der Waals surface area contributed by atoms with Crippen molar-refractivity contribution in [1.29, 1.82) is 0 Å². The molecule has 0 unspecified atom stereocenters. The number of hydrogen-bond acceptors (Lipinski definition) is 20. The van der Waals surface area contributed by atoms with Gasteiger partial charge in [0.15, 0.2) is 5.75 Å². The number of methoxy groups -OCH3 is 1. The second-order valence-electron chi connectivity index (χ2n) is 10.9. The molecule has 0 bridgehead atoms. The largest absolute Gasteiger partial charge is 1.00 e. The molecule has 23 heteroatoms. The van der Waals surface area contributed by atoms with Gasteiger partial charge in [0.05, 0.1) is 64.9 Å². The minimum absolute atomic E-state index is 0. The van der Waals surface area contributed by atoms with E-state index in [2.05, 4.69) is 53.9 Å². The molecule has 0 spiro atoms. The molecule has 0 saturated heterocycles. The van der Waals surface area contributed by atoms with Crippen LogP contribution in [0.25, 0.3) is 21.5 Å².